The Balaban J connectivity index is 1.60. The van der Waals surface area contributed by atoms with Gasteiger partial charge in [-0.25, -0.2) is 4.68 Å². The largest absolute Gasteiger partial charge is 0.495 e. The number of nitrogens with zero attached hydrogens (tertiary/aromatic N) is 4. The second kappa shape index (κ2) is 12.5. The molecule has 1 heterocycles. The average molecular weight is 599 g/mol. The number of benzene rings is 3. The molecule has 0 unspecified atom stereocenters. The number of hydrogen-bond acceptors (Lipinski definition) is 8. The van der Waals surface area contributed by atoms with E-state index in [1.807, 2.05) is 24.3 Å². The molecular formula is C29H23BrN6O4. The van der Waals surface area contributed by atoms with Crippen molar-refractivity contribution in [3.63, 3.8) is 0 Å². The standard InChI is InChI=1S/C29H23BrN6O4/c1-38-24-11-7-6-10-23(24)34-26(37)17-40-28-22(30)13-18(14-25(28)39-2)12-19(15-31)27-21(16-32)29(33)36(35-27)20-8-4-3-5-9-20/h3-14H,17,33H2,1-2H3,(H,34,37). The first-order chi connectivity index (χ1) is 19.4. The quantitative estimate of drug-likeness (QED) is 0.250. The maximum absolute atomic E-state index is 12.5. The molecule has 0 saturated carbocycles. The fourth-order valence-corrected chi connectivity index (χ4v) is 4.43. The van der Waals surface area contributed by atoms with Crippen molar-refractivity contribution < 1.29 is 19.0 Å². The molecule has 1 amide bonds. The second-order valence-electron chi connectivity index (χ2n) is 8.21. The summed E-state index contributed by atoms with van der Waals surface area (Å²) in [5.74, 6) is 0.860. The van der Waals surface area contributed by atoms with Gasteiger partial charge in [-0.3, -0.25) is 4.79 Å². The van der Waals surface area contributed by atoms with Gasteiger partial charge in [0.1, 0.15) is 35.0 Å². The monoisotopic (exact) mass is 598 g/mol. The summed E-state index contributed by atoms with van der Waals surface area (Å²) in [7, 11) is 2.97. The first kappa shape index (κ1) is 27.8. The van der Waals surface area contributed by atoms with Crippen LogP contribution in [0.2, 0.25) is 0 Å². The first-order valence-electron chi connectivity index (χ1n) is 11.8. The number of carbonyl (C=O) groups is 1. The second-order valence-corrected chi connectivity index (χ2v) is 9.06. The van der Waals surface area contributed by atoms with Crippen LogP contribution in [0.15, 0.2) is 71.2 Å². The Labute approximate surface area is 238 Å². The lowest BCUT2D eigenvalue weighted by Gasteiger charge is -2.14. The zero-order valence-electron chi connectivity index (χ0n) is 21.5. The molecule has 40 heavy (non-hydrogen) atoms. The number of hydrogen-bond donors (Lipinski definition) is 2. The predicted molar refractivity (Wildman–Crippen MR) is 154 cm³/mol. The Morgan fingerprint density at radius 1 is 1.07 bits per heavy atom. The molecule has 0 aliphatic heterocycles. The Kier molecular flexibility index (Phi) is 8.69. The van der Waals surface area contributed by atoms with Crippen LogP contribution < -0.4 is 25.3 Å². The van der Waals surface area contributed by atoms with Crippen molar-refractivity contribution >= 4 is 45.0 Å². The van der Waals surface area contributed by atoms with E-state index in [4.69, 9.17) is 19.9 Å². The maximum atomic E-state index is 12.5. The van der Waals surface area contributed by atoms with E-state index in [0.29, 0.717) is 38.7 Å². The number of allylic oxidation sites excluding steroid dienone is 1. The number of nitrogens with one attached hydrogen (secondary N) is 1. The Morgan fingerprint density at radius 3 is 2.45 bits per heavy atom. The van der Waals surface area contributed by atoms with Crippen LogP contribution in [0.1, 0.15) is 16.8 Å². The van der Waals surface area contributed by atoms with E-state index < -0.39 is 5.91 Å². The molecule has 3 aromatic carbocycles. The van der Waals surface area contributed by atoms with Gasteiger partial charge >= 0.3 is 0 Å². The molecule has 200 valence electrons. The number of methoxy groups -OCH3 is 2. The number of anilines is 2. The molecular weight excluding hydrogens is 576 g/mol. The van der Waals surface area contributed by atoms with Gasteiger partial charge in [-0.05, 0) is 64.0 Å². The van der Waals surface area contributed by atoms with Crippen molar-refractivity contribution in [3.8, 4) is 35.1 Å². The number of rotatable bonds is 9. The van der Waals surface area contributed by atoms with Crippen LogP contribution in [0, 0.1) is 22.7 Å². The van der Waals surface area contributed by atoms with Gasteiger partial charge in [0.25, 0.3) is 5.91 Å². The van der Waals surface area contributed by atoms with Crippen molar-refractivity contribution in [2.45, 2.75) is 0 Å². The molecule has 0 bridgehead atoms. The summed E-state index contributed by atoms with van der Waals surface area (Å²) in [5, 5.41) is 26.9. The van der Waals surface area contributed by atoms with E-state index >= 15 is 0 Å². The summed E-state index contributed by atoms with van der Waals surface area (Å²) in [6.07, 6.45) is 1.56. The molecule has 0 saturated heterocycles. The average Bonchev–Trinajstić information content (AvgIpc) is 3.31. The number of nitrogen functional groups attached to an aromatic ring is 1. The van der Waals surface area contributed by atoms with Gasteiger partial charge in [-0.1, -0.05) is 30.3 Å². The van der Waals surface area contributed by atoms with Gasteiger partial charge in [0.05, 0.1) is 35.6 Å². The van der Waals surface area contributed by atoms with E-state index in [-0.39, 0.29) is 29.3 Å². The highest BCUT2D eigenvalue weighted by Gasteiger charge is 2.21. The smallest absolute Gasteiger partial charge is 0.262 e. The molecule has 10 nitrogen and oxygen atoms in total. The number of carbonyl (C=O) groups excluding carboxylic acids is 1. The van der Waals surface area contributed by atoms with E-state index in [1.165, 1.54) is 18.9 Å². The zero-order chi connectivity index (χ0) is 28.6. The number of nitrogens with two attached hydrogens (primary N) is 1. The lowest BCUT2D eigenvalue weighted by atomic mass is 10.1. The molecule has 0 spiro atoms. The fourth-order valence-electron chi connectivity index (χ4n) is 3.85. The zero-order valence-corrected chi connectivity index (χ0v) is 23.1. The van der Waals surface area contributed by atoms with Crippen LogP contribution in [0.5, 0.6) is 17.2 Å². The highest BCUT2D eigenvalue weighted by Crippen LogP contribution is 2.38. The molecule has 11 heteroatoms. The topological polar surface area (TPSA) is 148 Å². The predicted octanol–water partition coefficient (Wildman–Crippen LogP) is 5.19. The van der Waals surface area contributed by atoms with E-state index in [0.717, 1.165) is 0 Å². The molecule has 0 radical (unpaired) electrons. The SMILES string of the molecule is COc1ccccc1NC(=O)COc1c(Br)cc(C=C(C#N)c2nn(-c3ccccc3)c(N)c2C#N)cc1OC. The minimum Gasteiger partial charge on any atom is -0.495 e. The fraction of sp³-hybridized carbons (Fsp3) is 0.103. The van der Waals surface area contributed by atoms with Gasteiger partial charge in [0.15, 0.2) is 18.1 Å². The summed E-state index contributed by atoms with van der Waals surface area (Å²) in [6.45, 7) is -0.298. The molecule has 1 aromatic heterocycles. The summed E-state index contributed by atoms with van der Waals surface area (Å²) < 4.78 is 18.4. The van der Waals surface area contributed by atoms with Gasteiger partial charge in [0.2, 0.25) is 0 Å². The number of aromatic nitrogens is 2. The van der Waals surface area contributed by atoms with Gasteiger partial charge in [-0.15, -0.1) is 0 Å². The van der Waals surface area contributed by atoms with Crippen molar-refractivity contribution in [2.75, 3.05) is 31.9 Å². The number of ether oxygens (including phenoxy) is 3. The normalized spacial score (nSPS) is 10.8. The van der Waals surface area contributed by atoms with Crippen LogP contribution in [-0.4, -0.2) is 36.5 Å². The summed E-state index contributed by atoms with van der Waals surface area (Å²) >= 11 is 3.46. The highest BCUT2D eigenvalue weighted by atomic mass is 79.9. The lowest BCUT2D eigenvalue weighted by molar-refractivity contribution is -0.118. The van der Waals surface area contributed by atoms with Crippen LogP contribution in [0.4, 0.5) is 11.5 Å². The van der Waals surface area contributed by atoms with Gasteiger partial charge in [-0.2, -0.15) is 15.6 Å². The van der Waals surface area contributed by atoms with E-state index in [1.54, 1.807) is 54.6 Å². The lowest BCUT2D eigenvalue weighted by Crippen LogP contribution is -2.20. The molecule has 0 atom stereocenters. The summed E-state index contributed by atoms with van der Waals surface area (Å²) in [5.41, 5.74) is 8.29. The van der Waals surface area contributed by atoms with Crippen LogP contribution in [0.3, 0.4) is 0 Å². The highest BCUT2D eigenvalue weighted by molar-refractivity contribution is 9.10. The third-order valence-corrected chi connectivity index (χ3v) is 6.29. The van der Waals surface area contributed by atoms with Crippen molar-refractivity contribution in [3.05, 3.63) is 88.0 Å². The van der Waals surface area contributed by atoms with E-state index in [2.05, 4.69) is 32.4 Å². The van der Waals surface area contributed by atoms with E-state index in [9.17, 15) is 15.3 Å². The summed E-state index contributed by atoms with van der Waals surface area (Å²) in [6, 6.07) is 23.6. The Morgan fingerprint density at radius 2 is 1.77 bits per heavy atom. The van der Waals surface area contributed by atoms with Gasteiger partial charge < -0.3 is 25.3 Å². The van der Waals surface area contributed by atoms with Crippen LogP contribution >= 0.6 is 15.9 Å². The molecule has 0 aliphatic rings. The maximum Gasteiger partial charge on any atom is 0.262 e. The van der Waals surface area contributed by atoms with Crippen LogP contribution in [0.25, 0.3) is 17.3 Å². The molecule has 3 N–H and O–H groups in total. The molecule has 0 fully saturated rings. The number of halogens is 1. The van der Waals surface area contributed by atoms with Crippen molar-refractivity contribution in [1.82, 2.24) is 9.78 Å². The number of para-hydroxylation sites is 3. The number of amides is 1. The van der Waals surface area contributed by atoms with Crippen LogP contribution in [-0.2, 0) is 4.79 Å². The molecule has 4 rings (SSSR count). The third-order valence-electron chi connectivity index (χ3n) is 5.70. The minimum atomic E-state index is -0.398. The minimum absolute atomic E-state index is 0.0868. The Hall–Kier alpha value is -5.26. The van der Waals surface area contributed by atoms with Gasteiger partial charge in [0, 0.05) is 0 Å². The summed E-state index contributed by atoms with van der Waals surface area (Å²) in [4.78, 5) is 12.5. The molecule has 4 aromatic rings. The first-order valence-corrected chi connectivity index (χ1v) is 12.6. The van der Waals surface area contributed by atoms with Crippen molar-refractivity contribution in [2.24, 2.45) is 0 Å². The Bertz CT molecular complexity index is 1670. The third kappa shape index (κ3) is 5.90. The van der Waals surface area contributed by atoms with Crippen molar-refractivity contribution in [1.29, 1.82) is 10.5 Å². The molecule has 0 aliphatic carbocycles. The number of nitriles is 2.